The third-order valence-electron chi connectivity index (χ3n) is 1.36. The molecule has 0 aliphatic rings. The van der Waals surface area contributed by atoms with Crippen molar-refractivity contribution in [3.05, 3.63) is 48.1 Å². The van der Waals surface area contributed by atoms with E-state index in [0.717, 1.165) is 0 Å². The molecule has 0 aliphatic carbocycles. The molecule has 0 spiro atoms. The SMILES string of the molecule is [2H]C([2H])(C=C(F)F)Cc1ccccc1. The molecule has 1 aromatic carbocycles. The van der Waals surface area contributed by atoms with Gasteiger partial charge in [-0.15, -0.1) is 0 Å². The van der Waals surface area contributed by atoms with Crippen molar-refractivity contribution < 1.29 is 11.5 Å². The molecule has 64 valence electrons. The first-order valence-corrected chi connectivity index (χ1v) is 3.57. The van der Waals surface area contributed by atoms with Crippen molar-refractivity contribution in [2.24, 2.45) is 0 Å². The highest BCUT2D eigenvalue weighted by molar-refractivity contribution is 5.15. The van der Waals surface area contributed by atoms with E-state index in [1.54, 1.807) is 30.3 Å². The summed E-state index contributed by atoms with van der Waals surface area (Å²) >= 11 is 0. The van der Waals surface area contributed by atoms with Crippen LogP contribution >= 0.6 is 0 Å². The van der Waals surface area contributed by atoms with Crippen LogP contribution < -0.4 is 0 Å². The first-order chi connectivity index (χ1) is 6.49. The van der Waals surface area contributed by atoms with E-state index in [1.165, 1.54) is 0 Å². The largest absolute Gasteiger partial charge is 0.266 e. The minimum absolute atomic E-state index is 0.0365. The summed E-state index contributed by atoms with van der Waals surface area (Å²) in [6.07, 6.45) is -3.66. The third-order valence-corrected chi connectivity index (χ3v) is 1.36. The lowest BCUT2D eigenvalue weighted by atomic mass is 10.1. The van der Waals surface area contributed by atoms with Crippen molar-refractivity contribution >= 4 is 0 Å². The summed E-state index contributed by atoms with van der Waals surface area (Å²) in [5.74, 6) is 0. The molecule has 1 aromatic rings. The van der Waals surface area contributed by atoms with Gasteiger partial charge in [-0.05, 0) is 24.4 Å². The number of halogens is 2. The van der Waals surface area contributed by atoms with Crippen LogP contribution in [0.1, 0.15) is 14.7 Å². The highest BCUT2D eigenvalue weighted by atomic mass is 19.3. The van der Waals surface area contributed by atoms with Crippen molar-refractivity contribution in [1.29, 1.82) is 0 Å². The Balaban J connectivity index is 2.74. The molecule has 0 fully saturated rings. The van der Waals surface area contributed by atoms with Crippen LogP contribution in [0.5, 0.6) is 0 Å². The van der Waals surface area contributed by atoms with Crippen molar-refractivity contribution in [3.63, 3.8) is 0 Å². The van der Waals surface area contributed by atoms with Crippen molar-refractivity contribution in [1.82, 2.24) is 0 Å². The Hall–Kier alpha value is -1.18. The standard InChI is InChI=1S/C10H10F2/c11-10(12)8-4-7-9-5-2-1-3-6-9/h1-3,5-6,8H,4,7H2/i4D2. The Bertz CT molecular complexity index is 316. The Morgan fingerprint density at radius 2 is 2.00 bits per heavy atom. The van der Waals surface area contributed by atoms with Gasteiger partial charge < -0.3 is 0 Å². The number of rotatable bonds is 3. The van der Waals surface area contributed by atoms with Gasteiger partial charge in [-0.25, -0.2) is 0 Å². The molecular formula is C10H10F2. The molecule has 0 atom stereocenters. The Morgan fingerprint density at radius 3 is 2.58 bits per heavy atom. The van der Waals surface area contributed by atoms with Crippen molar-refractivity contribution in [2.45, 2.75) is 12.8 Å². The maximum absolute atomic E-state index is 11.9. The summed E-state index contributed by atoms with van der Waals surface area (Å²) in [5.41, 5.74) is 0.704. The quantitative estimate of drug-likeness (QED) is 0.652. The molecule has 2 heteroatoms. The maximum Gasteiger partial charge on any atom is 0.266 e. The molecule has 0 saturated carbocycles. The van der Waals surface area contributed by atoms with Crippen LogP contribution in [0.15, 0.2) is 42.5 Å². The summed E-state index contributed by atoms with van der Waals surface area (Å²) in [4.78, 5) is 0. The number of benzene rings is 1. The molecule has 0 unspecified atom stereocenters. The van der Waals surface area contributed by atoms with Gasteiger partial charge in [0.25, 0.3) is 6.08 Å². The zero-order chi connectivity index (χ0) is 10.6. The second-order valence-electron chi connectivity index (χ2n) is 2.30. The van der Waals surface area contributed by atoms with Crippen molar-refractivity contribution in [2.75, 3.05) is 0 Å². The van der Waals surface area contributed by atoms with Gasteiger partial charge in [-0.1, -0.05) is 30.3 Å². The predicted octanol–water partition coefficient (Wildman–Crippen LogP) is 3.40. The first kappa shape index (κ1) is 6.35. The zero-order valence-corrected chi connectivity index (χ0v) is 6.43. The van der Waals surface area contributed by atoms with Crippen LogP contribution in [0.2, 0.25) is 0 Å². The summed E-state index contributed by atoms with van der Waals surface area (Å²) in [6.45, 7) is 0. The van der Waals surface area contributed by atoms with E-state index in [4.69, 9.17) is 2.74 Å². The monoisotopic (exact) mass is 170 g/mol. The van der Waals surface area contributed by atoms with Crippen molar-refractivity contribution in [3.8, 4) is 0 Å². The molecule has 0 amide bonds. The fourth-order valence-corrected chi connectivity index (χ4v) is 0.842. The molecule has 1 rings (SSSR count). The summed E-state index contributed by atoms with van der Waals surface area (Å²) < 4.78 is 38.3. The van der Waals surface area contributed by atoms with Gasteiger partial charge in [0, 0.05) is 2.74 Å². The number of hydrogen-bond donors (Lipinski definition) is 0. The normalized spacial score (nSPS) is 13.2. The van der Waals surface area contributed by atoms with Gasteiger partial charge in [-0.3, -0.25) is 0 Å². The molecule has 0 nitrogen and oxygen atoms in total. The molecule has 0 bridgehead atoms. The van der Waals surface area contributed by atoms with E-state index in [-0.39, 0.29) is 6.42 Å². The zero-order valence-electron chi connectivity index (χ0n) is 8.43. The fraction of sp³-hybridized carbons (Fsp3) is 0.200. The third kappa shape index (κ3) is 3.28. The summed E-state index contributed by atoms with van der Waals surface area (Å²) in [6, 6.07) is 8.72. The summed E-state index contributed by atoms with van der Waals surface area (Å²) in [7, 11) is 0. The van der Waals surface area contributed by atoms with E-state index < -0.39 is 12.5 Å². The van der Waals surface area contributed by atoms with Gasteiger partial charge in [-0.2, -0.15) is 8.78 Å². The summed E-state index contributed by atoms with van der Waals surface area (Å²) in [5, 5.41) is 0. The van der Waals surface area contributed by atoms with Crippen LogP contribution in [-0.4, -0.2) is 0 Å². The molecule has 0 radical (unpaired) electrons. The molecule has 0 aliphatic heterocycles. The maximum atomic E-state index is 11.9. The first-order valence-electron chi connectivity index (χ1n) is 4.57. The van der Waals surface area contributed by atoms with Gasteiger partial charge in [0.2, 0.25) is 0 Å². The molecule has 0 saturated heterocycles. The topological polar surface area (TPSA) is 0 Å². The van der Waals surface area contributed by atoms with E-state index >= 15 is 0 Å². The lowest BCUT2D eigenvalue weighted by Crippen LogP contribution is -1.81. The van der Waals surface area contributed by atoms with E-state index in [1.807, 2.05) is 0 Å². The van der Waals surface area contributed by atoms with Crippen LogP contribution in [-0.2, 0) is 6.42 Å². The Kier molecular flexibility index (Phi) is 2.46. The minimum Gasteiger partial charge on any atom is -0.174 e. The number of hydrogen-bond acceptors (Lipinski definition) is 0. The highest BCUT2D eigenvalue weighted by Gasteiger charge is 1.90. The van der Waals surface area contributed by atoms with Crippen LogP contribution in [0, 0.1) is 0 Å². The Morgan fingerprint density at radius 1 is 1.33 bits per heavy atom. The number of aryl methyl sites for hydroxylation is 1. The average Bonchev–Trinajstić information content (AvgIpc) is 2.02. The van der Waals surface area contributed by atoms with E-state index in [0.29, 0.717) is 11.6 Å². The van der Waals surface area contributed by atoms with Gasteiger partial charge in [0.05, 0.1) is 0 Å². The fourth-order valence-electron chi connectivity index (χ4n) is 0.842. The van der Waals surface area contributed by atoms with Gasteiger partial charge in [0.1, 0.15) is 0 Å². The van der Waals surface area contributed by atoms with Crippen LogP contribution in [0.4, 0.5) is 8.78 Å². The minimum atomic E-state index is -1.99. The molecule has 0 aromatic heterocycles. The smallest absolute Gasteiger partial charge is 0.174 e. The second-order valence-corrected chi connectivity index (χ2v) is 2.30. The highest BCUT2D eigenvalue weighted by Crippen LogP contribution is 2.05. The molecule has 12 heavy (non-hydrogen) atoms. The van der Waals surface area contributed by atoms with Gasteiger partial charge >= 0.3 is 0 Å². The van der Waals surface area contributed by atoms with E-state index in [9.17, 15) is 8.78 Å². The number of allylic oxidation sites excluding steroid dienone is 1. The van der Waals surface area contributed by atoms with Crippen LogP contribution in [0.25, 0.3) is 0 Å². The Labute approximate surface area is 73.3 Å². The lowest BCUT2D eigenvalue weighted by Gasteiger charge is -1.95. The van der Waals surface area contributed by atoms with Crippen LogP contribution in [0.3, 0.4) is 0 Å². The molecule has 0 heterocycles. The predicted molar refractivity (Wildman–Crippen MR) is 45.1 cm³/mol. The average molecular weight is 170 g/mol. The molecule has 0 N–H and O–H groups in total. The lowest BCUT2D eigenvalue weighted by molar-refractivity contribution is 0.417. The second kappa shape index (κ2) is 4.65. The van der Waals surface area contributed by atoms with E-state index in [2.05, 4.69) is 0 Å². The molecular weight excluding hydrogens is 158 g/mol. The van der Waals surface area contributed by atoms with Gasteiger partial charge in [0.15, 0.2) is 0 Å².